The maximum atomic E-state index is 12.2. The number of amides is 3. The molecule has 2 aromatic carbocycles. The summed E-state index contributed by atoms with van der Waals surface area (Å²) in [6.45, 7) is 1.44. The third kappa shape index (κ3) is 7.50. The molecule has 0 radical (unpaired) electrons. The quantitative estimate of drug-likeness (QED) is 0.390. The number of nitrogens with zero attached hydrogens (tertiary/aromatic N) is 1. The summed E-state index contributed by atoms with van der Waals surface area (Å²) < 4.78 is 0.906. The van der Waals surface area contributed by atoms with Crippen LogP contribution in [0.2, 0.25) is 0 Å². The van der Waals surface area contributed by atoms with Crippen molar-refractivity contribution in [2.24, 2.45) is 0 Å². The molecule has 3 amide bonds. The van der Waals surface area contributed by atoms with Crippen LogP contribution in [0.3, 0.4) is 0 Å². The molecule has 0 atom stereocenters. The SMILES string of the molecule is CC(=O)Nc1ccc(NC(=O)CSCc2csc(NC(=O)c3ccc(Br)cc3)n2)cc1. The van der Waals surface area contributed by atoms with Gasteiger partial charge in [-0.15, -0.1) is 23.1 Å². The maximum absolute atomic E-state index is 12.2. The van der Waals surface area contributed by atoms with Gasteiger partial charge in [-0.05, 0) is 48.5 Å². The summed E-state index contributed by atoms with van der Waals surface area (Å²) in [6, 6.07) is 14.0. The zero-order valence-electron chi connectivity index (χ0n) is 16.5. The Labute approximate surface area is 196 Å². The number of nitrogens with one attached hydrogen (secondary N) is 3. The van der Waals surface area contributed by atoms with Crippen LogP contribution in [-0.2, 0) is 15.3 Å². The molecule has 10 heteroatoms. The Morgan fingerprint density at radius 2 is 1.61 bits per heavy atom. The lowest BCUT2D eigenvalue weighted by Gasteiger charge is -2.06. The number of carbonyl (C=O) groups excluding carboxylic acids is 3. The van der Waals surface area contributed by atoms with Gasteiger partial charge in [0.1, 0.15) is 0 Å². The lowest BCUT2D eigenvalue weighted by molar-refractivity contribution is -0.114. The van der Waals surface area contributed by atoms with Gasteiger partial charge < -0.3 is 10.6 Å². The standard InChI is InChI=1S/C21H19BrN4O3S2/c1-13(27)23-16-6-8-17(9-7-16)24-19(28)12-30-10-18-11-31-21(25-18)26-20(29)14-2-4-15(22)5-3-14/h2-9,11H,10,12H2,1H3,(H,23,27)(H,24,28)(H,25,26,29). The van der Waals surface area contributed by atoms with Gasteiger partial charge in [0.05, 0.1) is 11.4 Å². The highest BCUT2D eigenvalue weighted by Crippen LogP contribution is 2.21. The number of rotatable bonds is 8. The average molecular weight is 519 g/mol. The smallest absolute Gasteiger partial charge is 0.257 e. The van der Waals surface area contributed by atoms with Crippen molar-refractivity contribution < 1.29 is 14.4 Å². The minimum atomic E-state index is -0.218. The number of thiazole rings is 1. The molecule has 31 heavy (non-hydrogen) atoms. The molecule has 0 saturated carbocycles. The van der Waals surface area contributed by atoms with E-state index in [4.69, 9.17) is 0 Å². The number of hydrogen-bond donors (Lipinski definition) is 3. The van der Waals surface area contributed by atoms with Crippen molar-refractivity contribution in [2.45, 2.75) is 12.7 Å². The molecule has 0 spiro atoms. The van der Waals surface area contributed by atoms with Gasteiger partial charge in [-0.2, -0.15) is 0 Å². The minimum Gasteiger partial charge on any atom is -0.326 e. The molecule has 160 valence electrons. The third-order valence-corrected chi connectivity index (χ3v) is 6.15. The lowest BCUT2D eigenvalue weighted by Crippen LogP contribution is -2.14. The number of carbonyl (C=O) groups is 3. The van der Waals surface area contributed by atoms with Crippen LogP contribution in [0.4, 0.5) is 16.5 Å². The Bertz CT molecular complexity index is 1070. The number of halogens is 1. The van der Waals surface area contributed by atoms with Gasteiger partial charge in [-0.1, -0.05) is 15.9 Å². The molecule has 0 bridgehead atoms. The van der Waals surface area contributed by atoms with Gasteiger partial charge in [0.25, 0.3) is 5.91 Å². The van der Waals surface area contributed by atoms with E-state index in [2.05, 4.69) is 36.9 Å². The molecule has 3 N–H and O–H groups in total. The highest BCUT2D eigenvalue weighted by molar-refractivity contribution is 9.10. The second-order valence-corrected chi connectivity index (χ2v) is 9.16. The number of benzene rings is 2. The maximum Gasteiger partial charge on any atom is 0.257 e. The predicted octanol–water partition coefficient (Wildman–Crippen LogP) is 4.99. The minimum absolute atomic E-state index is 0.128. The summed E-state index contributed by atoms with van der Waals surface area (Å²) in [6.07, 6.45) is 0. The van der Waals surface area contributed by atoms with E-state index >= 15 is 0 Å². The fraction of sp³-hybridized carbons (Fsp3) is 0.143. The van der Waals surface area contributed by atoms with Gasteiger partial charge in [-0.3, -0.25) is 19.7 Å². The van der Waals surface area contributed by atoms with Gasteiger partial charge in [0.15, 0.2) is 5.13 Å². The number of aromatic nitrogens is 1. The first kappa shape index (κ1) is 23.0. The molecule has 0 unspecified atom stereocenters. The highest BCUT2D eigenvalue weighted by atomic mass is 79.9. The monoisotopic (exact) mass is 518 g/mol. The van der Waals surface area contributed by atoms with Crippen LogP contribution in [0.5, 0.6) is 0 Å². The lowest BCUT2D eigenvalue weighted by atomic mass is 10.2. The molecule has 0 aliphatic heterocycles. The summed E-state index contributed by atoms with van der Waals surface area (Å²) in [5, 5.41) is 10.7. The summed E-state index contributed by atoms with van der Waals surface area (Å²) in [4.78, 5) is 39.8. The molecule has 3 aromatic rings. The molecule has 0 saturated heterocycles. The van der Waals surface area contributed by atoms with Crippen molar-refractivity contribution in [3.63, 3.8) is 0 Å². The van der Waals surface area contributed by atoms with Gasteiger partial charge in [0, 0.05) is 39.5 Å². The van der Waals surface area contributed by atoms with Crippen molar-refractivity contribution in [3.8, 4) is 0 Å². The topological polar surface area (TPSA) is 100 Å². The Morgan fingerprint density at radius 1 is 0.968 bits per heavy atom. The largest absolute Gasteiger partial charge is 0.326 e. The van der Waals surface area contributed by atoms with Crippen molar-refractivity contribution >= 4 is 73.3 Å². The molecular formula is C21H19BrN4O3S2. The summed E-state index contributed by atoms with van der Waals surface area (Å²) in [7, 11) is 0. The van der Waals surface area contributed by atoms with E-state index in [0.29, 0.717) is 27.8 Å². The van der Waals surface area contributed by atoms with E-state index in [1.54, 1.807) is 48.5 Å². The van der Waals surface area contributed by atoms with Crippen LogP contribution in [0.25, 0.3) is 0 Å². The number of hydrogen-bond acceptors (Lipinski definition) is 6. The van der Waals surface area contributed by atoms with Crippen LogP contribution < -0.4 is 16.0 Å². The second kappa shape index (κ2) is 11.1. The molecule has 7 nitrogen and oxygen atoms in total. The number of thioether (sulfide) groups is 1. The first-order chi connectivity index (χ1) is 14.9. The third-order valence-electron chi connectivity index (χ3n) is 3.85. The van der Waals surface area contributed by atoms with E-state index in [9.17, 15) is 14.4 Å². The molecule has 0 fully saturated rings. The molecular weight excluding hydrogens is 500 g/mol. The van der Waals surface area contributed by atoms with Crippen molar-refractivity contribution in [3.05, 3.63) is 69.6 Å². The molecule has 0 aliphatic rings. The first-order valence-corrected chi connectivity index (χ1v) is 12.0. The normalized spacial score (nSPS) is 10.4. The summed E-state index contributed by atoms with van der Waals surface area (Å²) >= 11 is 6.12. The molecule has 1 aromatic heterocycles. The number of anilines is 3. The van der Waals surface area contributed by atoms with Crippen molar-refractivity contribution in [1.82, 2.24) is 4.98 Å². The Kier molecular flexibility index (Phi) is 8.21. The highest BCUT2D eigenvalue weighted by Gasteiger charge is 2.10. The van der Waals surface area contributed by atoms with Crippen LogP contribution in [0, 0.1) is 0 Å². The van der Waals surface area contributed by atoms with Gasteiger partial charge in [0.2, 0.25) is 11.8 Å². The fourth-order valence-corrected chi connectivity index (χ4v) is 4.28. The van der Waals surface area contributed by atoms with E-state index in [1.807, 2.05) is 5.38 Å². The van der Waals surface area contributed by atoms with Gasteiger partial charge in [-0.25, -0.2) is 4.98 Å². The molecule has 3 rings (SSSR count). The van der Waals surface area contributed by atoms with Crippen molar-refractivity contribution in [2.75, 3.05) is 21.7 Å². The van der Waals surface area contributed by atoms with Crippen LogP contribution in [0.1, 0.15) is 23.0 Å². The van der Waals surface area contributed by atoms with E-state index in [-0.39, 0.29) is 23.5 Å². The van der Waals surface area contributed by atoms with Crippen LogP contribution in [0.15, 0.2) is 58.4 Å². The van der Waals surface area contributed by atoms with E-state index in [1.165, 1.54) is 30.0 Å². The fourth-order valence-electron chi connectivity index (χ4n) is 2.49. The van der Waals surface area contributed by atoms with Crippen molar-refractivity contribution in [1.29, 1.82) is 0 Å². The predicted molar refractivity (Wildman–Crippen MR) is 130 cm³/mol. The first-order valence-electron chi connectivity index (χ1n) is 9.15. The van der Waals surface area contributed by atoms with Crippen LogP contribution >= 0.6 is 39.0 Å². The summed E-state index contributed by atoms with van der Waals surface area (Å²) in [5.74, 6) is 0.331. The zero-order chi connectivity index (χ0) is 22.2. The molecule has 1 heterocycles. The van der Waals surface area contributed by atoms with Crippen LogP contribution in [-0.4, -0.2) is 28.5 Å². The average Bonchev–Trinajstić information content (AvgIpc) is 3.16. The Balaban J connectivity index is 1.42. The Hall–Kier alpha value is -2.69. The van der Waals surface area contributed by atoms with Gasteiger partial charge >= 0.3 is 0 Å². The summed E-state index contributed by atoms with van der Waals surface area (Å²) in [5.41, 5.74) is 2.68. The Morgan fingerprint density at radius 3 is 2.26 bits per heavy atom. The zero-order valence-corrected chi connectivity index (χ0v) is 19.7. The van der Waals surface area contributed by atoms with E-state index < -0.39 is 0 Å². The molecule has 0 aliphatic carbocycles. The van der Waals surface area contributed by atoms with E-state index in [0.717, 1.165) is 10.2 Å². The second-order valence-electron chi connectivity index (χ2n) is 6.40.